The van der Waals surface area contributed by atoms with Gasteiger partial charge in [-0.1, -0.05) is 32.6 Å². The Morgan fingerprint density at radius 3 is 2.50 bits per heavy atom. The molecule has 0 saturated heterocycles. The molecule has 0 aliphatic heterocycles. The SMILES string of the molecule is CCNC(=NCCOC1CCCCCC1)NC1CC1C. The highest BCUT2D eigenvalue weighted by atomic mass is 16.5. The largest absolute Gasteiger partial charge is 0.376 e. The molecule has 0 radical (unpaired) electrons. The number of hydrogen-bond acceptors (Lipinski definition) is 2. The van der Waals surface area contributed by atoms with Gasteiger partial charge in [0.25, 0.3) is 0 Å². The molecule has 0 spiro atoms. The van der Waals surface area contributed by atoms with Gasteiger partial charge < -0.3 is 15.4 Å². The van der Waals surface area contributed by atoms with Gasteiger partial charge in [0.15, 0.2) is 5.96 Å². The van der Waals surface area contributed by atoms with Gasteiger partial charge in [0.2, 0.25) is 0 Å². The Kier molecular flexibility index (Phi) is 6.64. The van der Waals surface area contributed by atoms with E-state index in [1.54, 1.807) is 0 Å². The van der Waals surface area contributed by atoms with Gasteiger partial charge in [0.05, 0.1) is 19.3 Å². The number of nitrogens with zero attached hydrogens (tertiary/aromatic N) is 1. The first-order valence-corrected chi connectivity index (χ1v) is 8.46. The highest BCUT2D eigenvalue weighted by molar-refractivity contribution is 5.80. The monoisotopic (exact) mass is 281 g/mol. The van der Waals surface area contributed by atoms with E-state index in [0.717, 1.165) is 31.6 Å². The molecule has 0 aromatic rings. The lowest BCUT2D eigenvalue weighted by atomic mass is 10.1. The fourth-order valence-corrected chi connectivity index (χ4v) is 2.80. The van der Waals surface area contributed by atoms with E-state index < -0.39 is 0 Å². The molecule has 0 aromatic carbocycles. The third-order valence-electron chi connectivity index (χ3n) is 4.29. The van der Waals surface area contributed by atoms with Crippen molar-refractivity contribution in [2.75, 3.05) is 19.7 Å². The number of nitrogens with one attached hydrogen (secondary N) is 2. The molecule has 2 N–H and O–H groups in total. The zero-order chi connectivity index (χ0) is 14.2. The van der Waals surface area contributed by atoms with Crippen molar-refractivity contribution < 1.29 is 4.74 Å². The van der Waals surface area contributed by atoms with Crippen LogP contribution in [0.25, 0.3) is 0 Å². The molecule has 4 nitrogen and oxygen atoms in total. The summed E-state index contributed by atoms with van der Waals surface area (Å²) in [5, 5.41) is 6.78. The van der Waals surface area contributed by atoms with E-state index in [4.69, 9.17) is 4.74 Å². The molecule has 2 aliphatic carbocycles. The molecule has 2 rings (SSSR count). The van der Waals surface area contributed by atoms with Crippen LogP contribution in [0.2, 0.25) is 0 Å². The highest BCUT2D eigenvalue weighted by Gasteiger charge is 2.33. The number of guanidine groups is 1. The molecule has 0 bridgehead atoms. The van der Waals surface area contributed by atoms with Crippen LogP contribution in [-0.2, 0) is 4.74 Å². The van der Waals surface area contributed by atoms with Crippen molar-refractivity contribution in [3.8, 4) is 0 Å². The van der Waals surface area contributed by atoms with Crippen molar-refractivity contribution in [3.05, 3.63) is 0 Å². The molecule has 2 unspecified atom stereocenters. The molecule has 2 atom stereocenters. The first-order chi connectivity index (χ1) is 9.79. The van der Waals surface area contributed by atoms with E-state index in [1.807, 2.05) is 0 Å². The number of ether oxygens (including phenoxy) is 1. The van der Waals surface area contributed by atoms with Crippen LogP contribution < -0.4 is 10.6 Å². The zero-order valence-corrected chi connectivity index (χ0v) is 13.2. The Bertz CT molecular complexity index is 298. The second-order valence-electron chi connectivity index (χ2n) is 6.21. The van der Waals surface area contributed by atoms with Crippen LogP contribution in [0, 0.1) is 5.92 Å². The summed E-state index contributed by atoms with van der Waals surface area (Å²) in [6.07, 6.45) is 9.64. The summed E-state index contributed by atoms with van der Waals surface area (Å²) in [5.74, 6) is 1.74. The van der Waals surface area contributed by atoms with Crippen LogP contribution in [0.5, 0.6) is 0 Å². The first kappa shape index (κ1) is 15.6. The minimum Gasteiger partial charge on any atom is -0.376 e. The average molecular weight is 281 g/mol. The van der Waals surface area contributed by atoms with Crippen molar-refractivity contribution in [3.63, 3.8) is 0 Å². The van der Waals surface area contributed by atoms with Crippen LogP contribution in [0.4, 0.5) is 0 Å². The van der Waals surface area contributed by atoms with Crippen LogP contribution in [0.1, 0.15) is 58.8 Å². The molecular weight excluding hydrogens is 250 g/mol. The third kappa shape index (κ3) is 5.70. The van der Waals surface area contributed by atoms with Gasteiger partial charge in [-0.15, -0.1) is 0 Å². The van der Waals surface area contributed by atoms with E-state index >= 15 is 0 Å². The first-order valence-electron chi connectivity index (χ1n) is 8.46. The lowest BCUT2D eigenvalue weighted by Crippen LogP contribution is -2.39. The Balaban J connectivity index is 1.63. The van der Waals surface area contributed by atoms with Crippen molar-refractivity contribution in [2.24, 2.45) is 10.9 Å². The van der Waals surface area contributed by atoms with Crippen LogP contribution in [0.3, 0.4) is 0 Å². The summed E-state index contributed by atoms with van der Waals surface area (Å²) in [4.78, 5) is 4.61. The molecule has 116 valence electrons. The topological polar surface area (TPSA) is 45.7 Å². The number of aliphatic imine (C=N–C) groups is 1. The molecule has 0 heterocycles. The van der Waals surface area contributed by atoms with Crippen molar-refractivity contribution >= 4 is 5.96 Å². The lowest BCUT2D eigenvalue weighted by Gasteiger charge is -2.15. The summed E-state index contributed by atoms with van der Waals surface area (Å²) in [6, 6.07) is 0.621. The maximum absolute atomic E-state index is 5.97. The second-order valence-corrected chi connectivity index (χ2v) is 6.21. The molecule has 0 aromatic heterocycles. The molecule has 2 fully saturated rings. The number of rotatable bonds is 6. The fourth-order valence-electron chi connectivity index (χ4n) is 2.80. The summed E-state index contributed by atoms with van der Waals surface area (Å²) in [6.45, 7) is 6.80. The van der Waals surface area contributed by atoms with Crippen molar-refractivity contribution in [1.82, 2.24) is 10.6 Å². The summed E-state index contributed by atoms with van der Waals surface area (Å²) in [7, 11) is 0. The van der Waals surface area contributed by atoms with Gasteiger partial charge in [-0.3, -0.25) is 4.99 Å². The molecule has 0 amide bonds. The Labute approximate surface area is 123 Å². The minimum absolute atomic E-state index is 0.478. The Morgan fingerprint density at radius 2 is 1.90 bits per heavy atom. The van der Waals surface area contributed by atoms with Crippen LogP contribution in [-0.4, -0.2) is 37.8 Å². The Morgan fingerprint density at radius 1 is 1.20 bits per heavy atom. The maximum atomic E-state index is 5.97. The van der Waals surface area contributed by atoms with Gasteiger partial charge in [-0.05, 0) is 32.1 Å². The average Bonchev–Trinajstić information content (AvgIpc) is 3.18. The third-order valence-corrected chi connectivity index (χ3v) is 4.29. The normalized spacial score (nSPS) is 28.0. The van der Waals surface area contributed by atoms with Gasteiger partial charge in [-0.25, -0.2) is 0 Å². The van der Waals surface area contributed by atoms with E-state index in [-0.39, 0.29) is 0 Å². The van der Waals surface area contributed by atoms with Gasteiger partial charge in [0.1, 0.15) is 0 Å². The van der Waals surface area contributed by atoms with E-state index in [1.165, 1.54) is 44.9 Å². The van der Waals surface area contributed by atoms with Crippen molar-refractivity contribution in [2.45, 2.75) is 70.9 Å². The van der Waals surface area contributed by atoms with Crippen LogP contribution >= 0.6 is 0 Å². The molecule has 2 aliphatic rings. The standard InChI is InChI=1S/C16H31N3O/c1-3-17-16(19-15-12-13(15)2)18-10-11-20-14-8-6-4-5-7-9-14/h13-15H,3-12H2,1-2H3,(H2,17,18,19). The maximum Gasteiger partial charge on any atom is 0.191 e. The van der Waals surface area contributed by atoms with Gasteiger partial charge in [0, 0.05) is 12.6 Å². The smallest absolute Gasteiger partial charge is 0.191 e. The second kappa shape index (κ2) is 8.50. The minimum atomic E-state index is 0.478. The highest BCUT2D eigenvalue weighted by Crippen LogP contribution is 2.28. The van der Waals surface area contributed by atoms with Crippen molar-refractivity contribution in [1.29, 1.82) is 0 Å². The quantitative estimate of drug-likeness (QED) is 0.340. The van der Waals surface area contributed by atoms with Gasteiger partial charge >= 0.3 is 0 Å². The van der Waals surface area contributed by atoms with E-state index in [2.05, 4.69) is 29.5 Å². The van der Waals surface area contributed by atoms with E-state index in [0.29, 0.717) is 12.1 Å². The molecule has 4 heteroatoms. The number of hydrogen-bond donors (Lipinski definition) is 2. The molecular formula is C16H31N3O. The zero-order valence-electron chi connectivity index (χ0n) is 13.2. The predicted octanol–water partition coefficient (Wildman–Crippen LogP) is 2.69. The van der Waals surface area contributed by atoms with Crippen LogP contribution in [0.15, 0.2) is 4.99 Å². The summed E-state index contributed by atoms with van der Waals surface area (Å²) in [5.41, 5.74) is 0. The summed E-state index contributed by atoms with van der Waals surface area (Å²) < 4.78 is 5.97. The summed E-state index contributed by atoms with van der Waals surface area (Å²) >= 11 is 0. The van der Waals surface area contributed by atoms with Gasteiger partial charge in [-0.2, -0.15) is 0 Å². The predicted molar refractivity (Wildman–Crippen MR) is 84.1 cm³/mol. The molecule has 2 saturated carbocycles. The molecule has 20 heavy (non-hydrogen) atoms. The fraction of sp³-hybridized carbons (Fsp3) is 0.938. The Hall–Kier alpha value is -0.770. The lowest BCUT2D eigenvalue weighted by molar-refractivity contribution is 0.0487. The van der Waals surface area contributed by atoms with E-state index in [9.17, 15) is 0 Å².